The van der Waals surface area contributed by atoms with E-state index in [4.69, 9.17) is 5.21 Å². The SMILES string of the molecule is CC(=NO)c1csc(NC(=O)CC2CC3CCC2C3)n1. The second kappa shape index (κ2) is 5.52. The summed E-state index contributed by atoms with van der Waals surface area (Å²) in [5.74, 6) is 2.25. The van der Waals surface area contributed by atoms with E-state index in [0.717, 1.165) is 11.8 Å². The molecule has 2 N–H and O–H groups in total. The van der Waals surface area contributed by atoms with Crippen molar-refractivity contribution in [1.82, 2.24) is 4.98 Å². The zero-order valence-electron chi connectivity index (χ0n) is 11.5. The van der Waals surface area contributed by atoms with Crippen molar-refractivity contribution in [1.29, 1.82) is 0 Å². The van der Waals surface area contributed by atoms with Gasteiger partial charge >= 0.3 is 0 Å². The van der Waals surface area contributed by atoms with Gasteiger partial charge in [-0.1, -0.05) is 11.6 Å². The minimum Gasteiger partial charge on any atom is -0.411 e. The van der Waals surface area contributed by atoms with E-state index in [-0.39, 0.29) is 5.91 Å². The molecule has 0 aromatic carbocycles. The zero-order valence-corrected chi connectivity index (χ0v) is 12.3. The molecule has 5 nitrogen and oxygen atoms in total. The Balaban J connectivity index is 1.55. The highest BCUT2D eigenvalue weighted by Crippen LogP contribution is 2.49. The maximum atomic E-state index is 12.1. The number of fused-ring (bicyclic) bond motifs is 2. The number of aromatic nitrogens is 1. The number of rotatable bonds is 4. The van der Waals surface area contributed by atoms with E-state index in [9.17, 15) is 4.79 Å². The number of anilines is 1. The molecule has 108 valence electrons. The molecule has 1 aromatic heterocycles. The van der Waals surface area contributed by atoms with Gasteiger partial charge in [0.2, 0.25) is 5.91 Å². The number of thiazole rings is 1. The normalized spacial score (nSPS) is 28.9. The molecule has 0 radical (unpaired) electrons. The van der Waals surface area contributed by atoms with Crippen LogP contribution in [0, 0.1) is 17.8 Å². The minimum absolute atomic E-state index is 0.0574. The van der Waals surface area contributed by atoms with Crippen LogP contribution >= 0.6 is 11.3 Å². The van der Waals surface area contributed by atoms with E-state index < -0.39 is 0 Å². The molecule has 20 heavy (non-hydrogen) atoms. The lowest BCUT2D eigenvalue weighted by Gasteiger charge is -2.20. The van der Waals surface area contributed by atoms with E-state index in [0.29, 0.717) is 28.9 Å². The Morgan fingerprint density at radius 3 is 3.05 bits per heavy atom. The molecule has 3 atom stereocenters. The summed E-state index contributed by atoms with van der Waals surface area (Å²) >= 11 is 1.36. The van der Waals surface area contributed by atoms with E-state index >= 15 is 0 Å². The van der Waals surface area contributed by atoms with Crippen LogP contribution in [0.4, 0.5) is 5.13 Å². The number of amides is 1. The molecular formula is C14H19N3O2S. The smallest absolute Gasteiger partial charge is 0.226 e. The number of nitrogens with zero attached hydrogens (tertiary/aromatic N) is 2. The van der Waals surface area contributed by atoms with Gasteiger partial charge in [0.1, 0.15) is 11.4 Å². The average molecular weight is 293 g/mol. The molecule has 2 bridgehead atoms. The number of oxime groups is 1. The fraction of sp³-hybridized carbons (Fsp3) is 0.643. The van der Waals surface area contributed by atoms with Gasteiger partial charge < -0.3 is 10.5 Å². The van der Waals surface area contributed by atoms with Crippen molar-refractivity contribution in [3.63, 3.8) is 0 Å². The summed E-state index contributed by atoms with van der Waals surface area (Å²) in [5.41, 5.74) is 1.06. The Labute approximate surface area is 122 Å². The fourth-order valence-corrected chi connectivity index (χ4v) is 4.35. The Morgan fingerprint density at radius 1 is 1.55 bits per heavy atom. The van der Waals surface area contributed by atoms with Crippen molar-refractivity contribution in [2.75, 3.05) is 5.32 Å². The van der Waals surface area contributed by atoms with Crippen LogP contribution in [0.1, 0.15) is 44.7 Å². The van der Waals surface area contributed by atoms with Crippen molar-refractivity contribution in [2.24, 2.45) is 22.9 Å². The molecule has 1 aromatic rings. The van der Waals surface area contributed by atoms with E-state index in [1.165, 1.54) is 37.0 Å². The monoisotopic (exact) mass is 293 g/mol. The summed E-state index contributed by atoms with van der Waals surface area (Å²) in [7, 11) is 0. The topological polar surface area (TPSA) is 74.6 Å². The first-order valence-electron chi connectivity index (χ1n) is 7.10. The molecule has 2 saturated carbocycles. The highest BCUT2D eigenvalue weighted by molar-refractivity contribution is 7.14. The maximum Gasteiger partial charge on any atom is 0.226 e. The first kappa shape index (κ1) is 13.5. The van der Waals surface area contributed by atoms with Crippen LogP contribution < -0.4 is 5.32 Å². The van der Waals surface area contributed by atoms with Crippen LogP contribution in [0.15, 0.2) is 10.5 Å². The predicted octanol–water partition coefficient (Wildman–Crippen LogP) is 3.11. The fourth-order valence-electron chi connectivity index (χ4n) is 3.58. The molecule has 3 rings (SSSR count). The van der Waals surface area contributed by atoms with Crippen LogP contribution in [0.25, 0.3) is 0 Å². The van der Waals surface area contributed by atoms with Crippen LogP contribution in [0.2, 0.25) is 0 Å². The van der Waals surface area contributed by atoms with Gasteiger partial charge in [-0.05, 0) is 43.9 Å². The van der Waals surface area contributed by atoms with Crippen molar-refractivity contribution in [3.05, 3.63) is 11.1 Å². The van der Waals surface area contributed by atoms with Gasteiger partial charge in [0.05, 0.1) is 0 Å². The van der Waals surface area contributed by atoms with Crippen LogP contribution in [-0.2, 0) is 4.79 Å². The van der Waals surface area contributed by atoms with E-state index in [1.54, 1.807) is 12.3 Å². The largest absolute Gasteiger partial charge is 0.411 e. The minimum atomic E-state index is 0.0574. The third-order valence-corrected chi connectivity index (χ3v) is 5.36. The second-order valence-corrected chi connectivity index (χ2v) is 6.77. The first-order chi connectivity index (χ1) is 9.65. The molecule has 0 aliphatic heterocycles. The standard InChI is InChI=1S/C14H19N3O2S/c1-8(17-19)12-7-20-14(15-12)16-13(18)6-11-5-9-2-3-10(11)4-9/h7,9-11,19H,2-6H2,1H3,(H,15,16,18). The number of hydrogen-bond acceptors (Lipinski definition) is 5. The Bertz CT molecular complexity index is 540. The Hall–Kier alpha value is -1.43. The average Bonchev–Trinajstić information content (AvgIpc) is 3.13. The summed E-state index contributed by atoms with van der Waals surface area (Å²) in [6.45, 7) is 1.68. The highest BCUT2D eigenvalue weighted by atomic mass is 32.1. The van der Waals surface area contributed by atoms with Gasteiger partial charge in [0.25, 0.3) is 0 Å². The van der Waals surface area contributed by atoms with Crippen LogP contribution in [0.5, 0.6) is 0 Å². The van der Waals surface area contributed by atoms with Gasteiger partial charge in [-0.25, -0.2) is 4.98 Å². The number of hydrogen-bond donors (Lipinski definition) is 2. The molecule has 0 saturated heterocycles. The van der Waals surface area contributed by atoms with Gasteiger partial charge in [0, 0.05) is 11.8 Å². The number of nitrogens with one attached hydrogen (secondary N) is 1. The third kappa shape index (κ3) is 2.70. The van der Waals surface area contributed by atoms with Crippen molar-refractivity contribution in [2.45, 2.75) is 39.0 Å². The molecule has 3 unspecified atom stereocenters. The summed E-state index contributed by atoms with van der Waals surface area (Å²) in [4.78, 5) is 16.3. The van der Waals surface area contributed by atoms with Crippen LogP contribution in [0.3, 0.4) is 0 Å². The molecule has 1 amide bonds. The lowest BCUT2D eigenvalue weighted by atomic mass is 9.86. The molecule has 6 heteroatoms. The zero-order chi connectivity index (χ0) is 14.1. The maximum absolute atomic E-state index is 12.1. The summed E-state index contributed by atoms with van der Waals surface area (Å²) < 4.78 is 0. The molecule has 2 aliphatic carbocycles. The van der Waals surface area contributed by atoms with E-state index in [2.05, 4.69) is 15.5 Å². The van der Waals surface area contributed by atoms with Gasteiger partial charge in [-0.2, -0.15) is 0 Å². The molecule has 0 spiro atoms. The van der Waals surface area contributed by atoms with Gasteiger partial charge in [0.15, 0.2) is 5.13 Å². The molecule has 2 fully saturated rings. The summed E-state index contributed by atoms with van der Waals surface area (Å²) in [6, 6.07) is 0. The lowest BCUT2D eigenvalue weighted by Crippen LogP contribution is -2.20. The van der Waals surface area contributed by atoms with Crippen molar-refractivity contribution < 1.29 is 10.0 Å². The lowest BCUT2D eigenvalue weighted by molar-refractivity contribution is -0.117. The number of carbonyl (C=O) groups excluding carboxylic acids is 1. The Kier molecular flexibility index (Phi) is 3.74. The third-order valence-electron chi connectivity index (χ3n) is 4.60. The van der Waals surface area contributed by atoms with Crippen LogP contribution in [-0.4, -0.2) is 21.8 Å². The van der Waals surface area contributed by atoms with E-state index in [1.807, 2.05) is 0 Å². The van der Waals surface area contributed by atoms with Crippen molar-refractivity contribution >= 4 is 28.1 Å². The molecule has 2 aliphatic rings. The predicted molar refractivity (Wildman–Crippen MR) is 78.3 cm³/mol. The molecule has 1 heterocycles. The van der Waals surface area contributed by atoms with Crippen molar-refractivity contribution in [3.8, 4) is 0 Å². The highest BCUT2D eigenvalue weighted by Gasteiger charge is 2.40. The Morgan fingerprint density at radius 2 is 2.40 bits per heavy atom. The van der Waals surface area contributed by atoms with Gasteiger partial charge in [-0.3, -0.25) is 4.79 Å². The quantitative estimate of drug-likeness (QED) is 0.509. The summed E-state index contributed by atoms with van der Waals surface area (Å²) in [5, 5.41) is 17.0. The van der Waals surface area contributed by atoms with Gasteiger partial charge in [-0.15, -0.1) is 11.3 Å². The molecular weight excluding hydrogens is 274 g/mol. The summed E-state index contributed by atoms with van der Waals surface area (Å²) in [6.07, 6.45) is 5.82. The number of carbonyl (C=O) groups is 1. The second-order valence-electron chi connectivity index (χ2n) is 5.91. The first-order valence-corrected chi connectivity index (χ1v) is 7.98.